The topological polar surface area (TPSA) is 51.3 Å². The van der Waals surface area contributed by atoms with Crippen molar-refractivity contribution >= 4 is 17.7 Å². The van der Waals surface area contributed by atoms with Crippen LogP contribution in [0.1, 0.15) is 16.7 Å². The van der Waals surface area contributed by atoms with E-state index in [0.717, 1.165) is 28.3 Å². The summed E-state index contributed by atoms with van der Waals surface area (Å²) in [6.07, 6.45) is 3.68. The van der Waals surface area contributed by atoms with Crippen molar-refractivity contribution in [2.75, 3.05) is 5.75 Å². The lowest BCUT2D eigenvalue weighted by Crippen LogP contribution is -2.27. The Kier molecular flexibility index (Phi) is 4.69. The van der Waals surface area contributed by atoms with E-state index in [1.165, 1.54) is 0 Å². The molecule has 0 aliphatic carbocycles. The number of carbonyl (C=O) groups is 1. The Bertz CT molecular complexity index is 1110. The quantitative estimate of drug-likeness (QED) is 0.477. The molecule has 1 fully saturated rings. The highest BCUT2D eigenvalue weighted by atomic mass is 32.2. The molecule has 1 saturated heterocycles. The maximum Gasteiger partial charge on any atom is 0.234 e. The molecule has 29 heavy (non-hydrogen) atoms. The first kappa shape index (κ1) is 17.8. The average molecular weight is 401 g/mol. The van der Waals surface area contributed by atoms with Crippen LogP contribution in [0.15, 0.2) is 89.7 Å². The molecule has 0 spiro atoms. The summed E-state index contributed by atoms with van der Waals surface area (Å²) in [5, 5.41) is 4.78. The monoisotopic (exact) mass is 401 g/mol. The fourth-order valence-corrected chi connectivity index (χ4v) is 4.74. The molecule has 1 aliphatic rings. The van der Waals surface area contributed by atoms with Gasteiger partial charge in [0.05, 0.1) is 29.9 Å². The normalized spacial score (nSPS) is 16.5. The van der Waals surface area contributed by atoms with Crippen molar-refractivity contribution in [3.8, 4) is 16.9 Å². The fourth-order valence-electron chi connectivity index (χ4n) is 3.55. The fraction of sp³-hybridized carbons (Fsp3) is 0.130. The van der Waals surface area contributed by atoms with Crippen LogP contribution in [-0.4, -0.2) is 26.3 Å². The van der Waals surface area contributed by atoms with E-state index >= 15 is 0 Å². The Balaban J connectivity index is 1.59. The zero-order valence-corrected chi connectivity index (χ0v) is 16.5. The Morgan fingerprint density at radius 2 is 1.76 bits per heavy atom. The third kappa shape index (κ3) is 3.47. The Labute approximate surface area is 173 Å². The molecular formula is C23H19N3O2S. The number of benzene rings is 2. The number of aromatic nitrogens is 2. The molecule has 144 valence electrons. The molecule has 3 heterocycles. The van der Waals surface area contributed by atoms with Crippen molar-refractivity contribution in [1.29, 1.82) is 0 Å². The molecule has 0 unspecified atom stereocenters. The van der Waals surface area contributed by atoms with E-state index in [4.69, 9.17) is 9.52 Å². The first-order valence-corrected chi connectivity index (χ1v) is 10.5. The molecule has 4 aromatic rings. The predicted molar refractivity (Wildman–Crippen MR) is 113 cm³/mol. The van der Waals surface area contributed by atoms with E-state index in [0.29, 0.717) is 12.3 Å². The van der Waals surface area contributed by atoms with E-state index < -0.39 is 0 Å². The number of furan rings is 1. The van der Waals surface area contributed by atoms with Gasteiger partial charge in [-0.05, 0) is 24.3 Å². The minimum absolute atomic E-state index is 0.111. The van der Waals surface area contributed by atoms with Gasteiger partial charge in [-0.15, -0.1) is 11.8 Å². The molecule has 5 rings (SSSR count). The largest absolute Gasteiger partial charge is 0.467 e. The van der Waals surface area contributed by atoms with Gasteiger partial charge in [0, 0.05) is 17.3 Å². The molecule has 0 radical (unpaired) electrons. The molecule has 1 amide bonds. The molecule has 1 atom stereocenters. The number of amides is 1. The molecule has 6 heteroatoms. The maximum absolute atomic E-state index is 12.6. The predicted octanol–water partition coefficient (Wildman–Crippen LogP) is 4.91. The summed E-state index contributed by atoms with van der Waals surface area (Å²) in [7, 11) is 0. The molecule has 0 saturated carbocycles. The lowest BCUT2D eigenvalue weighted by atomic mass is 10.1. The zero-order valence-electron chi connectivity index (χ0n) is 15.6. The van der Waals surface area contributed by atoms with Gasteiger partial charge in [0.15, 0.2) is 0 Å². The number of rotatable bonds is 5. The zero-order chi connectivity index (χ0) is 19.6. The van der Waals surface area contributed by atoms with Gasteiger partial charge < -0.3 is 9.32 Å². The molecule has 2 aromatic heterocycles. The third-order valence-corrected chi connectivity index (χ3v) is 6.19. The third-order valence-electron chi connectivity index (χ3n) is 4.95. The van der Waals surface area contributed by atoms with Gasteiger partial charge in [-0.25, -0.2) is 4.68 Å². The van der Waals surface area contributed by atoms with Crippen molar-refractivity contribution in [1.82, 2.24) is 14.7 Å². The van der Waals surface area contributed by atoms with Crippen LogP contribution < -0.4 is 0 Å². The first-order chi connectivity index (χ1) is 14.3. The highest BCUT2D eigenvalue weighted by Gasteiger charge is 2.36. The summed E-state index contributed by atoms with van der Waals surface area (Å²) < 4.78 is 7.39. The van der Waals surface area contributed by atoms with Crippen LogP contribution in [0, 0.1) is 0 Å². The Morgan fingerprint density at radius 1 is 1.00 bits per heavy atom. The SMILES string of the molecule is O=C1CS[C@@H](c2cn(-c3ccccc3)nc2-c2ccccc2)N1Cc1ccco1. The number of thioether (sulfide) groups is 1. The number of hydrogen-bond acceptors (Lipinski definition) is 4. The van der Waals surface area contributed by atoms with E-state index in [1.54, 1.807) is 18.0 Å². The smallest absolute Gasteiger partial charge is 0.234 e. The van der Waals surface area contributed by atoms with Crippen LogP contribution in [0.4, 0.5) is 0 Å². The molecule has 5 nitrogen and oxygen atoms in total. The number of para-hydroxylation sites is 1. The standard InChI is InChI=1S/C23H19N3O2S/c27-21-16-29-23(25(21)14-19-12-7-13-28-19)20-15-26(18-10-5-2-6-11-18)24-22(20)17-8-3-1-4-9-17/h1-13,15,23H,14,16H2/t23-/m0/s1. The van der Waals surface area contributed by atoms with Crippen LogP contribution in [0.25, 0.3) is 16.9 Å². The molecular weight excluding hydrogens is 382 g/mol. The van der Waals surface area contributed by atoms with Gasteiger partial charge in [-0.2, -0.15) is 5.10 Å². The van der Waals surface area contributed by atoms with Gasteiger partial charge in [0.1, 0.15) is 11.1 Å². The van der Waals surface area contributed by atoms with Crippen molar-refractivity contribution in [3.05, 3.63) is 96.6 Å². The highest BCUT2D eigenvalue weighted by molar-refractivity contribution is 8.00. The molecule has 0 N–H and O–H groups in total. The summed E-state index contributed by atoms with van der Waals surface area (Å²) in [4.78, 5) is 14.5. The minimum Gasteiger partial charge on any atom is -0.467 e. The minimum atomic E-state index is -0.111. The van der Waals surface area contributed by atoms with Crippen molar-refractivity contribution in [2.45, 2.75) is 11.9 Å². The summed E-state index contributed by atoms with van der Waals surface area (Å²) in [6, 6.07) is 23.9. The van der Waals surface area contributed by atoms with E-state index in [9.17, 15) is 4.79 Å². The first-order valence-electron chi connectivity index (χ1n) is 9.43. The lowest BCUT2D eigenvalue weighted by molar-refractivity contribution is -0.128. The summed E-state index contributed by atoms with van der Waals surface area (Å²) in [6.45, 7) is 0.453. The summed E-state index contributed by atoms with van der Waals surface area (Å²) in [5.41, 5.74) is 3.95. The van der Waals surface area contributed by atoms with Crippen LogP contribution in [0.3, 0.4) is 0 Å². The summed E-state index contributed by atoms with van der Waals surface area (Å²) in [5.74, 6) is 1.35. The van der Waals surface area contributed by atoms with Crippen LogP contribution in [0.2, 0.25) is 0 Å². The molecule has 2 aromatic carbocycles. The lowest BCUT2D eigenvalue weighted by Gasteiger charge is -2.23. The molecule has 1 aliphatic heterocycles. The second-order valence-corrected chi connectivity index (χ2v) is 7.91. The van der Waals surface area contributed by atoms with Crippen LogP contribution in [0.5, 0.6) is 0 Å². The Hall–Kier alpha value is -3.25. The maximum atomic E-state index is 12.6. The highest BCUT2D eigenvalue weighted by Crippen LogP contribution is 2.43. The second-order valence-electron chi connectivity index (χ2n) is 6.84. The van der Waals surface area contributed by atoms with E-state index in [1.807, 2.05) is 76.4 Å². The second kappa shape index (κ2) is 7.64. The van der Waals surface area contributed by atoms with Crippen LogP contribution >= 0.6 is 11.8 Å². The number of carbonyl (C=O) groups excluding carboxylic acids is 1. The average Bonchev–Trinajstić information content (AvgIpc) is 3.51. The van der Waals surface area contributed by atoms with Gasteiger partial charge in [-0.3, -0.25) is 4.79 Å². The Morgan fingerprint density at radius 3 is 2.48 bits per heavy atom. The summed E-state index contributed by atoms with van der Waals surface area (Å²) >= 11 is 1.63. The van der Waals surface area contributed by atoms with Gasteiger partial charge in [-0.1, -0.05) is 48.5 Å². The van der Waals surface area contributed by atoms with Crippen LogP contribution in [-0.2, 0) is 11.3 Å². The van der Waals surface area contributed by atoms with Gasteiger partial charge >= 0.3 is 0 Å². The molecule has 0 bridgehead atoms. The number of hydrogen-bond donors (Lipinski definition) is 0. The van der Waals surface area contributed by atoms with Crippen molar-refractivity contribution in [2.24, 2.45) is 0 Å². The number of nitrogens with zero attached hydrogens (tertiary/aromatic N) is 3. The van der Waals surface area contributed by atoms with E-state index in [-0.39, 0.29) is 11.3 Å². The van der Waals surface area contributed by atoms with Gasteiger partial charge in [0.25, 0.3) is 0 Å². The van der Waals surface area contributed by atoms with Crippen molar-refractivity contribution < 1.29 is 9.21 Å². The van der Waals surface area contributed by atoms with Crippen molar-refractivity contribution in [3.63, 3.8) is 0 Å². The van der Waals surface area contributed by atoms with Gasteiger partial charge in [0.2, 0.25) is 5.91 Å². The van der Waals surface area contributed by atoms with E-state index in [2.05, 4.69) is 12.1 Å².